The quantitative estimate of drug-likeness (QED) is 0.302. The van der Waals surface area contributed by atoms with Crippen molar-refractivity contribution in [2.45, 2.75) is 57.2 Å². The number of hydrogen-bond acceptors (Lipinski definition) is 7. The summed E-state index contributed by atoms with van der Waals surface area (Å²) in [4.78, 5) is 22.7. The number of amides is 1. The molecule has 0 radical (unpaired) electrons. The van der Waals surface area contributed by atoms with Gasteiger partial charge in [0.25, 0.3) is 0 Å². The number of carboxylic acid groups (broad SMARTS) is 1. The highest BCUT2D eigenvalue weighted by molar-refractivity contribution is 7.99. The first-order valence-corrected chi connectivity index (χ1v) is 12.9. The molecule has 0 aliphatic carbocycles. The fourth-order valence-electron chi connectivity index (χ4n) is 3.81. The number of ether oxygens (including phenoxy) is 2. The minimum absolute atomic E-state index is 0.0107. The Morgan fingerprint density at radius 3 is 2.29 bits per heavy atom. The van der Waals surface area contributed by atoms with Crippen LogP contribution in [-0.2, 0) is 25.7 Å². The van der Waals surface area contributed by atoms with Gasteiger partial charge in [0, 0.05) is 42.0 Å². The maximum absolute atomic E-state index is 12.1. The lowest BCUT2D eigenvalue weighted by atomic mass is 10.0. The van der Waals surface area contributed by atoms with E-state index in [0.717, 1.165) is 22.4 Å². The van der Waals surface area contributed by atoms with E-state index in [2.05, 4.69) is 5.32 Å². The molecule has 1 amide bonds. The molecule has 1 aliphatic rings. The highest BCUT2D eigenvalue weighted by Gasteiger charge is 2.32. The largest absolute Gasteiger partial charge is 0.481 e. The molecule has 9 heteroatoms. The lowest BCUT2D eigenvalue weighted by molar-refractivity contribution is -0.245. The van der Waals surface area contributed by atoms with E-state index in [-0.39, 0.29) is 44.2 Å². The van der Waals surface area contributed by atoms with Crippen molar-refractivity contribution in [2.24, 2.45) is 0 Å². The van der Waals surface area contributed by atoms with Crippen LogP contribution in [-0.4, -0.2) is 51.4 Å². The summed E-state index contributed by atoms with van der Waals surface area (Å²) in [5.74, 6) is 0.376. The van der Waals surface area contributed by atoms with Crippen LogP contribution in [0.2, 0.25) is 0 Å². The molecule has 0 spiro atoms. The van der Waals surface area contributed by atoms with Crippen LogP contribution in [0.4, 0.5) is 5.69 Å². The first kappa shape index (κ1) is 27.2. The summed E-state index contributed by atoms with van der Waals surface area (Å²) >= 11 is 1.64. The van der Waals surface area contributed by atoms with Crippen LogP contribution in [0.3, 0.4) is 0 Å². The van der Waals surface area contributed by atoms with Gasteiger partial charge in [-0.1, -0.05) is 36.4 Å². The number of nitrogens with one attached hydrogen (secondary N) is 1. The van der Waals surface area contributed by atoms with E-state index in [4.69, 9.17) is 19.7 Å². The summed E-state index contributed by atoms with van der Waals surface area (Å²) in [7, 11) is 0. The van der Waals surface area contributed by atoms with Gasteiger partial charge < -0.3 is 30.1 Å². The fourth-order valence-corrected chi connectivity index (χ4v) is 4.58. The number of unbranched alkanes of at least 4 members (excludes halogenated alkanes) is 1. The molecule has 1 fully saturated rings. The molecule has 2 aromatic rings. The van der Waals surface area contributed by atoms with E-state index >= 15 is 0 Å². The summed E-state index contributed by atoms with van der Waals surface area (Å²) < 4.78 is 12.5. The van der Waals surface area contributed by atoms with Gasteiger partial charge in [-0.3, -0.25) is 9.59 Å². The van der Waals surface area contributed by atoms with Crippen molar-refractivity contribution in [2.75, 3.05) is 23.4 Å². The molecule has 3 rings (SSSR count). The molecule has 2 aromatic carbocycles. The van der Waals surface area contributed by atoms with E-state index in [0.29, 0.717) is 30.7 Å². The number of thioether (sulfide) groups is 1. The molecular weight excluding hydrogens is 470 g/mol. The molecule has 0 unspecified atom stereocenters. The standard InChI is InChI=1S/C26H33NO7S/c28-13-14-35-17-22-15-23(19-7-5-18(16-29)6-8-19)34-26(33-22)20-9-11-21(12-10-20)27-24(30)3-1-2-4-25(31)32/h5-12,22-23,26,28-29H,1-4,13-17H2,(H,27,30)(H,31,32)/t22-,23+,26+/m0/s1. The number of carbonyl (C=O) groups excluding carboxylic acids is 1. The molecule has 190 valence electrons. The summed E-state index contributed by atoms with van der Waals surface area (Å²) in [5, 5.41) is 29.9. The zero-order chi connectivity index (χ0) is 25.0. The Bertz CT molecular complexity index is 936. The van der Waals surface area contributed by atoms with Gasteiger partial charge in [0.15, 0.2) is 6.29 Å². The van der Waals surface area contributed by atoms with Crippen molar-refractivity contribution in [1.82, 2.24) is 0 Å². The van der Waals surface area contributed by atoms with Gasteiger partial charge in [0.2, 0.25) is 5.91 Å². The van der Waals surface area contributed by atoms with E-state index in [1.165, 1.54) is 0 Å². The fraction of sp³-hybridized carbons (Fsp3) is 0.462. The van der Waals surface area contributed by atoms with Gasteiger partial charge in [-0.05, 0) is 36.1 Å². The van der Waals surface area contributed by atoms with E-state index in [9.17, 15) is 14.7 Å². The molecular formula is C26H33NO7S. The molecule has 0 bridgehead atoms. The van der Waals surface area contributed by atoms with E-state index < -0.39 is 12.3 Å². The Hall–Kier alpha value is -2.43. The molecule has 1 saturated heterocycles. The Morgan fingerprint density at radius 2 is 1.63 bits per heavy atom. The number of anilines is 1. The van der Waals surface area contributed by atoms with Crippen molar-refractivity contribution in [3.63, 3.8) is 0 Å². The maximum Gasteiger partial charge on any atom is 0.303 e. The second kappa shape index (κ2) is 14.2. The topological polar surface area (TPSA) is 125 Å². The average Bonchev–Trinajstić information content (AvgIpc) is 2.87. The third kappa shape index (κ3) is 8.94. The number of aliphatic carboxylic acids is 1. The van der Waals surface area contributed by atoms with E-state index in [1.54, 1.807) is 23.9 Å². The smallest absolute Gasteiger partial charge is 0.303 e. The second-order valence-corrected chi connectivity index (χ2v) is 9.57. The SMILES string of the molecule is O=C(O)CCCCC(=O)Nc1ccc([C@@H]2O[C@H](CSCCO)C[C@H](c3ccc(CO)cc3)O2)cc1. The van der Waals surface area contributed by atoms with Gasteiger partial charge >= 0.3 is 5.97 Å². The molecule has 0 saturated carbocycles. The predicted octanol–water partition coefficient (Wildman–Crippen LogP) is 4.03. The molecule has 0 aromatic heterocycles. The van der Waals surface area contributed by atoms with E-state index in [1.807, 2.05) is 36.4 Å². The highest BCUT2D eigenvalue weighted by Crippen LogP contribution is 2.39. The number of hydrogen-bond donors (Lipinski definition) is 4. The predicted molar refractivity (Wildman–Crippen MR) is 134 cm³/mol. The lowest BCUT2D eigenvalue weighted by Gasteiger charge is -2.36. The van der Waals surface area contributed by atoms with Gasteiger partial charge in [-0.25, -0.2) is 0 Å². The van der Waals surface area contributed by atoms with Crippen molar-refractivity contribution in [1.29, 1.82) is 0 Å². The third-order valence-corrected chi connectivity index (χ3v) is 6.74. The minimum Gasteiger partial charge on any atom is -0.481 e. The van der Waals surface area contributed by atoms with Crippen molar-refractivity contribution < 1.29 is 34.4 Å². The molecule has 1 heterocycles. The minimum atomic E-state index is -0.855. The number of carbonyl (C=O) groups is 2. The van der Waals surface area contributed by atoms with Gasteiger partial charge in [0.05, 0.1) is 25.4 Å². The Labute approximate surface area is 209 Å². The van der Waals surface area contributed by atoms with Crippen LogP contribution in [0.1, 0.15) is 61.2 Å². The maximum atomic E-state index is 12.1. The number of aliphatic hydroxyl groups is 2. The van der Waals surface area contributed by atoms with Crippen LogP contribution in [0.5, 0.6) is 0 Å². The first-order valence-electron chi connectivity index (χ1n) is 11.8. The zero-order valence-electron chi connectivity index (χ0n) is 19.6. The summed E-state index contributed by atoms with van der Waals surface area (Å²) in [5.41, 5.74) is 3.34. The summed E-state index contributed by atoms with van der Waals surface area (Å²) in [6, 6.07) is 15.0. The highest BCUT2D eigenvalue weighted by atomic mass is 32.2. The Balaban J connectivity index is 1.63. The zero-order valence-corrected chi connectivity index (χ0v) is 20.4. The van der Waals surface area contributed by atoms with Crippen LogP contribution in [0.15, 0.2) is 48.5 Å². The molecule has 8 nitrogen and oxygen atoms in total. The number of rotatable bonds is 13. The van der Waals surface area contributed by atoms with Crippen LogP contribution < -0.4 is 5.32 Å². The number of benzene rings is 2. The lowest BCUT2D eigenvalue weighted by Crippen LogP contribution is -2.31. The summed E-state index contributed by atoms with van der Waals surface area (Å²) in [6.07, 6.45) is 1.21. The monoisotopic (exact) mass is 503 g/mol. The Kier molecular flexibility index (Phi) is 11.0. The summed E-state index contributed by atoms with van der Waals surface area (Å²) in [6.45, 7) is 0.110. The third-order valence-electron chi connectivity index (χ3n) is 5.67. The number of aliphatic hydroxyl groups excluding tert-OH is 2. The van der Waals surface area contributed by atoms with Crippen LogP contribution >= 0.6 is 11.8 Å². The van der Waals surface area contributed by atoms with Crippen LogP contribution in [0, 0.1) is 0 Å². The molecule has 35 heavy (non-hydrogen) atoms. The second-order valence-electron chi connectivity index (χ2n) is 8.42. The Morgan fingerprint density at radius 1 is 0.943 bits per heavy atom. The molecule has 4 N–H and O–H groups in total. The van der Waals surface area contributed by atoms with Crippen molar-refractivity contribution in [3.8, 4) is 0 Å². The van der Waals surface area contributed by atoms with Gasteiger partial charge in [-0.2, -0.15) is 11.8 Å². The van der Waals surface area contributed by atoms with Crippen molar-refractivity contribution in [3.05, 3.63) is 65.2 Å². The number of carboxylic acids is 1. The van der Waals surface area contributed by atoms with Gasteiger partial charge in [-0.15, -0.1) is 0 Å². The average molecular weight is 504 g/mol. The molecule has 1 aliphatic heterocycles. The molecule has 3 atom stereocenters. The first-order chi connectivity index (χ1) is 17.0. The normalized spacial score (nSPS) is 19.9. The van der Waals surface area contributed by atoms with Crippen molar-refractivity contribution >= 4 is 29.3 Å². The van der Waals surface area contributed by atoms with Crippen LogP contribution in [0.25, 0.3) is 0 Å². The van der Waals surface area contributed by atoms with Gasteiger partial charge in [0.1, 0.15) is 0 Å².